The number of halogens is 2. The molecular weight excluding hydrogens is 435 g/mol. The van der Waals surface area contributed by atoms with Gasteiger partial charge in [-0.2, -0.15) is 26.0 Å². The predicted molar refractivity (Wildman–Crippen MR) is 131 cm³/mol. The molecule has 4 rings (SSSR count). The van der Waals surface area contributed by atoms with Crippen molar-refractivity contribution < 1.29 is 19.2 Å². The van der Waals surface area contributed by atoms with Crippen LogP contribution in [0.1, 0.15) is 25.0 Å². The Morgan fingerprint density at radius 2 is 0.929 bits per heavy atom. The third-order valence-electron chi connectivity index (χ3n) is 3.52. The topological polar surface area (TPSA) is 0 Å². The predicted octanol–water partition coefficient (Wildman–Crippen LogP) is 7.88. The van der Waals surface area contributed by atoms with Gasteiger partial charge in [-0.15, -0.1) is 106 Å². The van der Waals surface area contributed by atoms with Gasteiger partial charge in [0.25, 0.3) is 0 Å². The van der Waals surface area contributed by atoms with Gasteiger partial charge in [-0.25, -0.2) is 0 Å². The summed E-state index contributed by atoms with van der Waals surface area (Å²) in [5.41, 5.74) is 2.70. The van der Waals surface area contributed by atoms with Gasteiger partial charge in [0.2, 0.25) is 0 Å². The van der Waals surface area contributed by atoms with E-state index in [9.17, 15) is 0 Å². The van der Waals surface area contributed by atoms with Gasteiger partial charge in [-0.3, -0.25) is 0 Å². The summed E-state index contributed by atoms with van der Waals surface area (Å²) in [6.07, 6.45) is 0. The Hall–Kier alpha value is -0.829. The van der Waals surface area contributed by atoms with E-state index in [1.54, 1.807) is 33.0 Å². The summed E-state index contributed by atoms with van der Waals surface area (Å²) in [4.78, 5) is 0. The second kappa shape index (κ2) is 19.5. The van der Waals surface area contributed by atoms with Crippen LogP contribution in [0.25, 0.3) is 21.5 Å². The molecule has 0 spiro atoms. The standard InChI is InChI=1S/2C10H9.2C2H5.2ClH.Si.Ti/c2*1-8-6-9-4-2-3-5-10(9)7-8;2*1-2;;;;/h2*2-7H,1H3;2*1H2,2H3;2*1H;;/q4*-1;;;;. The molecule has 0 aromatic heterocycles. The number of hydrogen-bond acceptors (Lipinski definition) is 0. The van der Waals surface area contributed by atoms with Crippen molar-refractivity contribution in [3.8, 4) is 0 Å². The fourth-order valence-electron chi connectivity index (χ4n) is 2.61. The van der Waals surface area contributed by atoms with Crippen LogP contribution in [0.3, 0.4) is 0 Å². The minimum atomic E-state index is 0. The summed E-state index contributed by atoms with van der Waals surface area (Å²) in [5.74, 6) is 0. The summed E-state index contributed by atoms with van der Waals surface area (Å²) >= 11 is 1.81. The summed E-state index contributed by atoms with van der Waals surface area (Å²) in [5, 5.41) is 5.39. The van der Waals surface area contributed by atoms with Gasteiger partial charge in [0, 0.05) is 0 Å². The van der Waals surface area contributed by atoms with Crippen molar-refractivity contribution in [2.24, 2.45) is 0 Å². The van der Waals surface area contributed by atoms with E-state index in [-0.39, 0.29) is 24.8 Å². The summed E-state index contributed by atoms with van der Waals surface area (Å²) in [6.45, 7) is 14.2. The van der Waals surface area contributed by atoms with Gasteiger partial charge < -0.3 is 13.8 Å². The number of hydrogen-bond donors (Lipinski definition) is 0. The zero-order valence-corrected chi connectivity index (χ0v) is 21.4. The van der Waals surface area contributed by atoms with Crippen LogP contribution in [0.2, 0.25) is 0 Å². The summed E-state index contributed by atoms with van der Waals surface area (Å²) in [7, 11) is 2.97. The number of fused-ring (bicyclic) bond motifs is 2. The molecule has 152 valence electrons. The molecule has 0 N–H and O–H groups in total. The normalized spacial score (nSPS) is 8.04. The van der Waals surface area contributed by atoms with Crippen LogP contribution in [0.15, 0.2) is 72.8 Å². The SMILES string of the molecule is Cc1cc2ccccc2[cH-]1.Cc1cc2ccccc2[cH-]1.Cl.Cl.[CH2-]C.[CH2-]C.[Si]=[Ti]. The van der Waals surface area contributed by atoms with E-state index in [0.29, 0.717) is 0 Å². The van der Waals surface area contributed by atoms with Gasteiger partial charge in [-0.05, 0) is 0 Å². The number of aryl methyl sites for hydroxylation is 2. The minimum absolute atomic E-state index is 0. The molecule has 0 unspecified atom stereocenters. The Kier molecular flexibility index (Phi) is 22.2. The molecule has 4 aromatic rings. The molecular formula is C24H30Cl2SiTi-4. The van der Waals surface area contributed by atoms with Gasteiger partial charge in [0.1, 0.15) is 0 Å². The molecule has 0 saturated heterocycles. The zero-order chi connectivity index (χ0) is 19.9. The van der Waals surface area contributed by atoms with Crippen molar-refractivity contribution in [2.75, 3.05) is 0 Å². The van der Waals surface area contributed by atoms with Crippen molar-refractivity contribution in [3.63, 3.8) is 0 Å². The second-order valence-corrected chi connectivity index (χ2v) is 5.32. The molecule has 4 aromatic carbocycles. The molecule has 0 bridgehead atoms. The van der Waals surface area contributed by atoms with Crippen LogP contribution in [0, 0.1) is 27.7 Å². The van der Waals surface area contributed by atoms with Crippen molar-refractivity contribution in [2.45, 2.75) is 27.7 Å². The van der Waals surface area contributed by atoms with Gasteiger partial charge in [-0.1, -0.05) is 26.0 Å². The van der Waals surface area contributed by atoms with Crippen molar-refractivity contribution in [1.82, 2.24) is 0 Å². The third kappa shape index (κ3) is 10.6. The van der Waals surface area contributed by atoms with E-state index in [1.165, 1.54) is 32.7 Å². The zero-order valence-electron chi connectivity index (χ0n) is 17.2. The van der Waals surface area contributed by atoms with Gasteiger partial charge in [0.15, 0.2) is 0 Å². The molecule has 0 nitrogen and oxygen atoms in total. The summed E-state index contributed by atoms with van der Waals surface area (Å²) in [6, 6.07) is 25.7. The van der Waals surface area contributed by atoms with E-state index >= 15 is 0 Å². The average molecular weight is 465 g/mol. The Morgan fingerprint density at radius 3 is 1.21 bits per heavy atom. The first-order valence-electron chi connectivity index (χ1n) is 8.63. The van der Waals surface area contributed by atoms with E-state index in [1.807, 2.05) is 0 Å². The fourth-order valence-corrected chi connectivity index (χ4v) is 2.61. The monoisotopic (exact) mass is 464 g/mol. The number of benzene rings is 2. The first kappa shape index (κ1) is 31.9. The second-order valence-electron chi connectivity index (χ2n) is 5.32. The Labute approximate surface area is 197 Å². The van der Waals surface area contributed by atoms with Crippen LogP contribution in [0.4, 0.5) is 0 Å². The first-order chi connectivity index (χ1) is 12.7. The Bertz CT molecular complexity index is 727. The molecule has 0 amide bonds. The molecule has 4 heteroatoms. The van der Waals surface area contributed by atoms with Crippen molar-refractivity contribution >= 4 is 54.0 Å². The van der Waals surface area contributed by atoms with E-state index in [4.69, 9.17) is 0 Å². The van der Waals surface area contributed by atoms with Gasteiger partial charge >= 0.3 is 26.8 Å². The van der Waals surface area contributed by atoms with E-state index < -0.39 is 0 Å². The molecule has 0 heterocycles. The fraction of sp³-hybridized carbons (Fsp3) is 0.167. The Morgan fingerprint density at radius 1 is 0.643 bits per heavy atom. The number of rotatable bonds is 0. The van der Waals surface area contributed by atoms with Gasteiger partial charge in [0.05, 0.1) is 0 Å². The van der Waals surface area contributed by atoms with Crippen LogP contribution in [-0.4, -0.2) is 7.63 Å². The van der Waals surface area contributed by atoms with E-state index in [0.717, 1.165) is 0 Å². The maximum absolute atomic E-state index is 3.25. The van der Waals surface area contributed by atoms with Crippen molar-refractivity contribution in [3.05, 3.63) is 97.8 Å². The van der Waals surface area contributed by atoms with Crippen molar-refractivity contribution in [1.29, 1.82) is 0 Å². The van der Waals surface area contributed by atoms with E-state index in [2.05, 4.69) is 108 Å². The Balaban J connectivity index is -0.000000334. The molecule has 2 radical (unpaired) electrons. The van der Waals surface area contributed by atoms with Crippen LogP contribution in [-0.2, 0) is 19.2 Å². The quantitative estimate of drug-likeness (QED) is 0.183. The van der Waals surface area contributed by atoms with Crippen LogP contribution in [0.5, 0.6) is 0 Å². The molecule has 0 aliphatic heterocycles. The van der Waals surface area contributed by atoms with Crippen LogP contribution >= 0.6 is 24.8 Å². The molecule has 0 fully saturated rings. The summed E-state index contributed by atoms with van der Waals surface area (Å²) < 4.78 is 0. The molecule has 0 aliphatic carbocycles. The third-order valence-corrected chi connectivity index (χ3v) is 3.52. The first-order valence-corrected chi connectivity index (χ1v) is 11.5. The maximum atomic E-state index is 3.25. The average Bonchev–Trinajstić information content (AvgIpc) is 3.27. The van der Waals surface area contributed by atoms with Crippen LogP contribution < -0.4 is 0 Å². The molecule has 0 aliphatic rings. The molecule has 0 atom stereocenters. The molecule has 0 saturated carbocycles. The molecule has 28 heavy (non-hydrogen) atoms.